The summed E-state index contributed by atoms with van der Waals surface area (Å²) in [6, 6.07) is 7.69. The fraction of sp³-hybridized carbons (Fsp3) is 0.458. The molecule has 0 saturated carbocycles. The van der Waals surface area contributed by atoms with Crippen molar-refractivity contribution in [1.29, 1.82) is 0 Å². The lowest BCUT2D eigenvalue weighted by Gasteiger charge is -2.27. The Kier molecular flexibility index (Phi) is 12.7. The number of carboxylic acid groups (broad SMARTS) is 3. The lowest BCUT2D eigenvalue weighted by Crippen LogP contribution is -2.53. The van der Waals surface area contributed by atoms with E-state index in [2.05, 4.69) is 5.32 Å². The Morgan fingerprint density at radius 3 is 2.20 bits per heavy atom. The predicted octanol–water partition coefficient (Wildman–Crippen LogP) is 1.32. The highest BCUT2D eigenvalue weighted by Crippen LogP contribution is 2.19. The van der Waals surface area contributed by atoms with E-state index in [1.807, 2.05) is 30.3 Å². The molecular weight excluding hydrogens is 460 g/mol. The van der Waals surface area contributed by atoms with E-state index in [1.54, 1.807) is 13.8 Å². The van der Waals surface area contributed by atoms with Crippen LogP contribution in [0.4, 0.5) is 0 Å². The van der Waals surface area contributed by atoms with Crippen LogP contribution in [0.25, 0.3) is 0 Å². The van der Waals surface area contributed by atoms with Crippen LogP contribution in [-0.4, -0.2) is 81.3 Å². The lowest BCUT2D eigenvalue weighted by atomic mass is 10.0. The van der Waals surface area contributed by atoms with Crippen molar-refractivity contribution in [3.05, 3.63) is 48.0 Å². The van der Waals surface area contributed by atoms with Gasteiger partial charge in [0.1, 0.15) is 12.1 Å². The fourth-order valence-corrected chi connectivity index (χ4v) is 3.52. The van der Waals surface area contributed by atoms with Crippen molar-refractivity contribution in [2.45, 2.75) is 57.7 Å². The zero-order valence-corrected chi connectivity index (χ0v) is 19.8. The molecule has 1 aliphatic heterocycles. The molecule has 11 nitrogen and oxygen atoms in total. The minimum absolute atomic E-state index is 0.262. The van der Waals surface area contributed by atoms with Crippen molar-refractivity contribution in [3.8, 4) is 0 Å². The third kappa shape index (κ3) is 10.8. The van der Waals surface area contributed by atoms with Crippen molar-refractivity contribution in [2.24, 2.45) is 0 Å². The number of likely N-dealkylation sites (tertiary alicyclic amines) is 1. The Morgan fingerprint density at radius 2 is 1.69 bits per heavy atom. The molecule has 0 aromatic heterocycles. The minimum Gasteiger partial charge on any atom is -0.480 e. The molecule has 2 rings (SSSR count). The number of carboxylic acids is 3. The summed E-state index contributed by atoms with van der Waals surface area (Å²) in [4.78, 5) is 56.8. The van der Waals surface area contributed by atoms with Gasteiger partial charge in [0.05, 0.1) is 12.6 Å². The van der Waals surface area contributed by atoms with E-state index < -0.39 is 42.0 Å². The van der Waals surface area contributed by atoms with Gasteiger partial charge in [-0.05, 0) is 45.1 Å². The highest BCUT2D eigenvalue weighted by Gasteiger charge is 2.36. The second-order valence-electron chi connectivity index (χ2n) is 7.75. The van der Waals surface area contributed by atoms with E-state index in [0.29, 0.717) is 44.4 Å². The summed E-state index contributed by atoms with van der Waals surface area (Å²) >= 11 is 0. The van der Waals surface area contributed by atoms with Crippen LogP contribution in [0.5, 0.6) is 0 Å². The van der Waals surface area contributed by atoms with Gasteiger partial charge in [-0.1, -0.05) is 30.3 Å². The van der Waals surface area contributed by atoms with Crippen molar-refractivity contribution in [3.63, 3.8) is 0 Å². The normalized spacial score (nSPS) is 16.6. The Labute approximate surface area is 203 Å². The predicted molar refractivity (Wildman–Crippen MR) is 125 cm³/mol. The molecule has 3 atom stereocenters. The smallest absolute Gasteiger partial charge is 0.328 e. The molecule has 11 heteroatoms. The summed E-state index contributed by atoms with van der Waals surface area (Å²) in [5.41, 5.74) is 1.10. The van der Waals surface area contributed by atoms with E-state index in [9.17, 15) is 29.1 Å². The van der Waals surface area contributed by atoms with E-state index in [-0.39, 0.29) is 12.5 Å². The molecule has 1 aromatic carbocycles. The van der Waals surface area contributed by atoms with Gasteiger partial charge in [-0.25, -0.2) is 14.4 Å². The first-order valence-corrected chi connectivity index (χ1v) is 11.2. The molecule has 0 radical (unpaired) electrons. The largest absolute Gasteiger partial charge is 0.480 e. The van der Waals surface area contributed by atoms with Gasteiger partial charge in [-0.2, -0.15) is 0 Å². The van der Waals surface area contributed by atoms with E-state index >= 15 is 0 Å². The topological polar surface area (TPSA) is 171 Å². The number of benzene rings is 1. The summed E-state index contributed by atoms with van der Waals surface area (Å²) in [7, 11) is 0. The van der Waals surface area contributed by atoms with Gasteiger partial charge < -0.3 is 25.0 Å². The second-order valence-corrected chi connectivity index (χ2v) is 7.75. The summed E-state index contributed by atoms with van der Waals surface area (Å²) < 4.78 is 5.14. The Balaban J connectivity index is 0.000000658. The third-order valence-corrected chi connectivity index (χ3v) is 5.15. The number of rotatable bonds is 11. The number of carbonyl (C=O) groups is 5. The van der Waals surface area contributed by atoms with Gasteiger partial charge in [0.25, 0.3) is 0 Å². The highest BCUT2D eigenvalue weighted by molar-refractivity contribution is 5.89. The monoisotopic (exact) mass is 492 g/mol. The molecule has 1 aliphatic rings. The molecule has 1 saturated heterocycles. The first kappa shape index (κ1) is 29.3. The average molecular weight is 493 g/mol. The maximum Gasteiger partial charge on any atom is 0.328 e. The molecule has 35 heavy (non-hydrogen) atoms. The van der Waals surface area contributed by atoms with Gasteiger partial charge >= 0.3 is 23.9 Å². The molecule has 0 aliphatic carbocycles. The van der Waals surface area contributed by atoms with E-state index in [4.69, 9.17) is 14.9 Å². The maximum absolute atomic E-state index is 12.7. The molecule has 192 valence electrons. The number of hydrogen-bond acceptors (Lipinski definition) is 7. The molecule has 1 heterocycles. The first-order chi connectivity index (χ1) is 16.6. The van der Waals surface area contributed by atoms with Crippen LogP contribution in [0.2, 0.25) is 0 Å². The average Bonchev–Trinajstić information content (AvgIpc) is 3.31. The number of nitrogens with one attached hydrogen (secondary N) is 1. The summed E-state index contributed by atoms with van der Waals surface area (Å²) in [6.45, 7) is 4.09. The van der Waals surface area contributed by atoms with Crippen LogP contribution in [0.3, 0.4) is 0 Å². The molecule has 1 aromatic rings. The number of nitrogens with zero attached hydrogens (tertiary/aromatic N) is 1. The third-order valence-electron chi connectivity index (χ3n) is 5.15. The van der Waals surface area contributed by atoms with Crippen molar-refractivity contribution < 1.29 is 44.0 Å². The number of hydrogen-bond donors (Lipinski definition) is 4. The Bertz CT molecular complexity index is 886. The molecule has 0 unspecified atom stereocenters. The summed E-state index contributed by atoms with van der Waals surface area (Å²) in [6.07, 6.45) is 3.40. The summed E-state index contributed by atoms with van der Waals surface area (Å²) in [5.74, 6) is -4.20. The molecule has 1 fully saturated rings. The van der Waals surface area contributed by atoms with Gasteiger partial charge in [0.2, 0.25) is 5.91 Å². The van der Waals surface area contributed by atoms with Gasteiger partial charge in [0.15, 0.2) is 0 Å². The first-order valence-electron chi connectivity index (χ1n) is 11.2. The number of aliphatic carboxylic acids is 3. The number of aryl methyl sites for hydroxylation is 1. The molecule has 0 spiro atoms. The van der Waals surface area contributed by atoms with Crippen LogP contribution in [0, 0.1) is 0 Å². The van der Waals surface area contributed by atoms with Crippen LogP contribution < -0.4 is 5.32 Å². The van der Waals surface area contributed by atoms with Crippen LogP contribution >= 0.6 is 0 Å². The standard InChI is InChI=1S/C20H28N2O5.C4H4O4/c1-3-27-20(26)16(12-11-15-8-5-4-6-9-15)21-14(2)18(23)22-13-7-10-17(22)19(24)25;5-3(6)1-2-4(7)8/h4-6,8-9,14,16-17,21H,3,7,10-13H2,1-2H3,(H,24,25);1-2H,(H,5,6)(H,7,8)/b;2-1+/t14-,16-,17-;/m0./s1. The van der Waals surface area contributed by atoms with E-state index in [1.165, 1.54) is 4.90 Å². The number of ether oxygens (including phenoxy) is 1. The number of amides is 1. The van der Waals surface area contributed by atoms with Gasteiger partial charge in [0, 0.05) is 18.7 Å². The lowest BCUT2D eigenvalue weighted by molar-refractivity contribution is -0.150. The quantitative estimate of drug-likeness (QED) is 0.261. The minimum atomic E-state index is -1.26. The van der Waals surface area contributed by atoms with Gasteiger partial charge in [-0.15, -0.1) is 0 Å². The van der Waals surface area contributed by atoms with Crippen LogP contribution in [0.1, 0.15) is 38.7 Å². The second kappa shape index (κ2) is 15.2. The molecule has 1 amide bonds. The highest BCUT2D eigenvalue weighted by atomic mass is 16.5. The van der Waals surface area contributed by atoms with Crippen molar-refractivity contribution in [1.82, 2.24) is 10.2 Å². The van der Waals surface area contributed by atoms with Gasteiger partial charge in [-0.3, -0.25) is 14.9 Å². The van der Waals surface area contributed by atoms with Crippen molar-refractivity contribution >= 4 is 29.8 Å². The number of esters is 1. The SMILES string of the molecule is CCOC(=O)[C@H](CCc1ccccc1)N[C@@H](C)C(=O)N1CCC[C@H]1C(=O)O.O=C(O)/C=C/C(=O)O. The fourth-order valence-electron chi connectivity index (χ4n) is 3.52. The Hall–Kier alpha value is -3.73. The Morgan fingerprint density at radius 1 is 1.09 bits per heavy atom. The zero-order chi connectivity index (χ0) is 26.4. The molecular formula is C24H32N2O9. The maximum atomic E-state index is 12.7. The van der Waals surface area contributed by atoms with Crippen LogP contribution in [0.15, 0.2) is 42.5 Å². The zero-order valence-electron chi connectivity index (χ0n) is 19.8. The molecule has 4 N–H and O–H groups in total. The molecule has 0 bridgehead atoms. The van der Waals surface area contributed by atoms with Crippen molar-refractivity contribution in [2.75, 3.05) is 13.2 Å². The van der Waals surface area contributed by atoms with E-state index in [0.717, 1.165) is 5.56 Å². The van der Waals surface area contributed by atoms with Crippen LogP contribution in [-0.2, 0) is 35.1 Å². The summed E-state index contributed by atoms with van der Waals surface area (Å²) in [5, 5.41) is 27.9. The number of carbonyl (C=O) groups excluding carboxylic acids is 2.